The van der Waals surface area contributed by atoms with Crippen molar-refractivity contribution >= 4 is 39.7 Å². The van der Waals surface area contributed by atoms with Crippen molar-refractivity contribution < 1.29 is 22.7 Å². The summed E-state index contributed by atoms with van der Waals surface area (Å²) in [5, 5.41) is 11.0. The van der Waals surface area contributed by atoms with E-state index in [2.05, 4.69) is 20.8 Å². The van der Waals surface area contributed by atoms with Crippen LogP contribution in [0, 0.1) is 0 Å². The normalized spacial score (nSPS) is 11.2. The zero-order valence-corrected chi connectivity index (χ0v) is 13.8. The third-order valence-corrected chi connectivity index (χ3v) is 3.89. The third kappa shape index (κ3) is 4.96. The van der Waals surface area contributed by atoms with E-state index in [9.17, 15) is 18.0 Å². The number of nitrogens with one attached hydrogen (secondary N) is 2. The van der Waals surface area contributed by atoms with Crippen LogP contribution in [0.3, 0.4) is 0 Å². The Balaban J connectivity index is 1.86. The molecule has 1 amide bonds. The van der Waals surface area contributed by atoms with E-state index in [1.54, 1.807) is 12.1 Å². The highest BCUT2D eigenvalue weighted by molar-refractivity contribution is 7.15. The van der Waals surface area contributed by atoms with Gasteiger partial charge in [-0.2, -0.15) is 13.2 Å². The number of amides is 1. The molecule has 24 heavy (non-hydrogen) atoms. The van der Waals surface area contributed by atoms with Crippen molar-refractivity contribution in [2.24, 2.45) is 0 Å². The lowest BCUT2D eigenvalue weighted by Gasteiger charge is -2.10. The number of alkyl halides is 3. The number of ether oxygens (including phenoxy) is 1. The summed E-state index contributed by atoms with van der Waals surface area (Å²) in [5.41, 5.74) is 0.408. The zero-order valence-electron chi connectivity index (χ0n) is 12.3. The Bertz CT molecular complexity index is 723. The molecule has 2 N–H and O–H groups in total. The second-order valence-corrected chi connectivity index (χ2v) is 5.89. The van der Waals surface area contributed by atoms with Crippen LogP contribution in [0.15, 0.2) is 18.2 Å². The van der Waals surface area contributed by atoms with Gasteiger partial charge in [0.2, 0.25) is 16.0 Å². The summed E-state index contributed by atoms with van der Waals surface area (Å²) < 4.78 is 42.3. The molecule has 1 heterocycles. The van der Waals surface area contributed by atoms with Gasteiger partial charge in [0, 0.05) is 18.0 Å². The Labute approximate surface area is 144 Å². The highest BCUT2D eigenvalue weighted by Crippen LogP contribution is 2.33. The molecule has 11 heteroatoms. The molecule has 0 aliphatic carbocycles. The number of anilines is 2. The van der Waals surface area contributed by atoms with Crippen LogP contribution in [-0.4, -0.2) is 29.8 Å². The number of benzene rings is 1. The monoisotopic (exact) mass is 380 g/mol. The smallest absolute Gasteiger partial charge is 0.445 e. The molecule has 1 aromatic carbocycles. The number of aromatic nitrogens is 2. The van der Waals surface area contributed by atoms with Crippen LogP contribution in [-0.2, 0) is 11.0 Å². The number of rotatable bonds is 6. The Morgan fingerprint density at radius 3 is 2.75 bits per heavy atom. The van der Waals surface area contributed by atoms with Crippen molar-refractivity contribution in [2.45, 2.75) is 12.6 Å². The fourth-order valence-electron chi connectivity index (χ4n) is 1.68. The van der Waals surface area contributed by atoms with Gasteiger partial charge in [-0.1, -0.05) is 22.9 Å². The van der Waals surface area contributed by atoms with Crippen molar-refractivity contribution in [3.8, 4) is 5.75 Å². The molecule has 0 fully saturated rings. The third-order valence-electron chi connectivity index (χ3n) is 2.73. The summed E-state index contributed by atoms with van der Waals surface area (Å²) in [6.07, 6.45) is -4.52. The SMILES string of the molecule is COc1ccc(Cl)cc1NC(=O)CCNc1nnc(C(F)(F)F)s1. The second-order valence-electron chi connectivity index (χ2n) is 4.48. The van der Waals surface area contributed by atoms with E-state index in [0.29, 0.717) is 27.8 Å². The first-order valence-electron chi connectivity index (χ1n) is 6.57. The zero-order chi connectivity index (χ0) is 17.7. The number of hydrogen-bond acceptors (Lipinski definition) is 6. The average molecular weight is 381 g/mol. The van der Waals surface area contributed by atoms with Gasteiger partial charge in [0.15, 0.2) is 0 Å². The Hall–Kier alpha value is -2.07. The quantitative estimate of drug-likeness (QED) is 0.799. The molecule has 0 unspecified atom stereocenters. The van der Waals surface area contributed by atoms with Crippen LogP contribution in [0.2, 0.25) is 5.02 Å². The van der Waals surface area contributed by atoms with Crippen LogP contribution in [0.5, 0.6) is 5.75 Å². The first-order chi connectivity index (χ1) is 11.3. The van der Waals surface area contributed by atoms with Crippen LogP contribution in [0.1, 0.15) is 11.4 Å². The molecule has 0 saturated heterocycles. The topological polar surface area (TPSA) is 76.1 Å². The summed E-state index contributed by atoms with van der Waals surface area (Å²) in [6, 6.07) is 4.76. The minimum Gasteiger partial charge on any atom is -0.495 e. The molecule has 0 atom stereocenters. The molecule has 2 rings (SSSR count). The maximum absolute atomic E-state index is 12.4. The molecule has 0 radical (unpaired) electrons. The first kappa shape index (κ1) is 18.3. The van der Waals surface area contributed by atoms with Crippen LogP contribution in [0.25, 0.3) is 0 Å². The van der Waals surface area contributed by atoms with Gasteiger partial charge in [0.05, 0.1) is 12.8 Å². The van der Waals surface area contributed by atoms with Crippen molar-refractivity contribution in [1.29, 1.82) is 0 Å². The molecule has 0 aliphatic heterocycles. The van der Waals surface area contributed by atoms with Crippen molar-refractivity contribution in [3.63, 3.8) is 0 Å². The van der Waals surface area contributed by atoms with Gasteiger partial charge in [0.1, 0.15) is 5.75 Å². The molecule has 0 saturated carbocycles. The summed E-state index contributed by atoms with van der Waals surface area (Å²) in [4.78, 5) is 11.9. The molecule has 130 valence electrons. The second kappa shape index (κ2) is 7.67. The maximum atomic E-state index is 12.4. The van der Waals surface area contributed by atoms with Gasteiger partial charge in [-0.25, -0.2) is 0 Å². The van der Waals surface area contributed by atoms with E-state index in [0.717, 1.165) is 0 Å². The van der Waals surface area contributed by atoms with Crippen LogP contribution >= 0.6 is 22.9 Å². The highest BCUT2D eigenvalue weighted by atomic mass is 35.5. The number of carbonyl (C=O) groups is 1. The highest BCUT2D eigenvalue weighted by Gasteiger charge is 2.35. The lowest BCUT2D eigenvalue weighted by molar-refractivity contribution is -0.138. The van der Waals surface area contributed by atoms with Crippen LogP contribution in [0.4, 0.5) is 24.0 Å². The van der Waals surface area contributed by atoms with E-state index in [-0.39, 0.29) is 24.0 Å². The predicted molar refractivity (Wildman–Crippen MR) is 84.7 cm³/mol. The minimum atomic E-state index is -4.53. The van der Waals surface area contributed by atoms with Gasteiger partial charge in [0.25, 0.3) is 0 Å². The van der Waals surface area contributed by atoms with Gasteiger partial charge in [-0.05, 0) is 18.2 Å². The van der Waals surface area contributed by atoms with Crippen molar-refractivity contribution in [2.75, 3.05) is 24.3 Å². The minimum absolute atomic E-state index is 0.00420. The summed E-state index contributed by atoms with van der Waals surface area (Å²) >= 11 is 6.23. The predicted octanol–water partition coefficient (Wildman–Crippen LogP) is 3.66. The first-order valence-corrected chi connectivity index (χ1v) is 7.77. The Morgan fingerprint density at radius 2 is 2.12 bits per heavy atom. The molecule has 2 aromatic rings. The van der Waals surface area contributed by atoms with Crippen molar-refractivity contribution in [3.05, 3.63) is 28.2 Å². The average Bonchev–Trinajstić information content (AvgIpc) is 2.96. The number of hydrogen-bond donors (Lipinski definition) is 2. The number of halogens is 4. The summed E-state index contributed by atoms with van der Waals surface area (Å²) in [7, 11) is 1.45. The molecule has 0 spiro atoms. The Kier molecular flexibility index (Phi) is 5.84. The van der Waals surface area contributed by atoms with E-state index < -0.39 is 11.2 Å². The standard InChI is InChI=1S/C13H12ClF3N4O2S/c1-23-9-3-2-7(14)6-8(9)19-10(22)4-5-18-12-21-20-11(24-12)13(15,16)17/h2-3,6H,4-5H2,1H3,(H,18,21)(H,19,22). The fourth-order valence-corrected chi connectivity index (χ4v) is 2.49. The lowest BCUT2D eigenvalue weighted by Crippen LogP contribution is -2.16. The lowest BCUT2D eigenvalue weighted by atomic mass is 10.2. The fraction of sp³-hybridized carbons (Fsp3) is 0.308. The van der Waals surface area contributed by atoms with Crippen molar-refractivity contribution in [1.82, 2.24) is 10.2 Å². The number of nitrogens with zero attached hydrogens (tertiary/aromatic N) is 2. The van der Waals surface area contributed by atoms with Gasteiger partial charge < -0.3 is 15.4 Å². The molecule has 6 nitrogen and oxygen atoms in total. The van der Waals surface area contributed by atoms with Gasteiger partial charge in [-0.15, -0.1) is 10.2 Å². The number of carbonyl (C=O) groups excluding carboxylic acids is 1. The Morgan fingerprint density at radius 1 is 1.38 bits per heavy atom. The summed E-state index contributed by atoms with van der Waals surface area (Å²) in [6.45, 7) is 0.0984. The van der Waals surface area contributed by atoms with Gasteiger partial charge in [-0.3, -0.25) is 4.79 Å². The van der Waals surface area contributed by atoms with E-state index >= 15 is 0 Å². The van der Waals surface area contributed by atoms with E-state index in [1.165, 1.54) is 13.2 Å². The van der Waals surface area contributed by atoms with E-state index in [1.807, 2.05) is 0 Å². The molecule has 1 aromatic heterocycles. The van der Waals surface area contributed by atoms with Gasteiger partial charge >= 0.3 is 6.18 Å². The maximum Gasteiger partial charge on any atom is 0.445 e. The molecular weight excluding hydrogens is 369 g/mol. The van der Waals surface area contributed by atoms with E-state index in [4.69, 9.17) is 16.3 Å². The number of methoxy groups -OCH3 is 1. The molecule has 0 aliphatic rings. The molecule has 0 bridgehead atoms. The largest absolute Gasteiger partial charge is 0.495 e. The summed E-state index contributed by atoms with van der Waals surface area (Å²) in [5.74, 6) is 0.0864. The van der Waals surface area contributed by atoms with Crippen LogP contribution < -0.4 is 15.4 Å². The molecular formula is C13H12ClF3N4O2S.